The van der Waals surface area contributed by atoms with Gasteiger partial charge in [0.15, 0.2) is 11.6 Å². The molecule has 0 saturated carbocycles. The second kappa shape index (κ2) is 8.48. The second-order valence-corrected chi connectivity index (χ2v) is 11.1. The lowest BCUT2D eigenvalue weighted by Crippen LogP contribution is -1.81. The molecule has 0 amide bonds. The third-order valence-corrected chi connectivity index (χ3v) is 9.65. The predicted molar refractivity (Wildman–Crippen MR) is 136 cm³/mol. The van der Waals surface area contributed by atoms with Gasteiger partial charge in [-0.05, 0) is 60.7 Å². The van der Waals surface area contributed by atoms with Crippen molar-refractivity contribution in [1.29, 1.82) is 0 Å². The van der Waals surface area contributed by atoms with Crippen molar-refractivity contribution < 1.29 is 0 Å². The molecule has 32 heavy (non-hydrogen) atoms. The number of hydrogen-bond acceptors (Lipinski definition) is 8. The SMILES string of the molecule is c1cnc(-c2ccc(-c3ccc(-c4ccc(-c5ccc(-c6ncccn6)s5)s4)s3)s2)nc1. The van der Waals surface area contributed by atoms with Crippen molar-refractivity contribution in [2.75, 3.05) is 0 Å². The van der Waals surface area contributed by atoms with Crippen molar-refractivity contribution in [3.63, 3.8) is 0 Å². The molecule has 154 valence electrons. The molecule has 0 fully saturated rings. The van der Waals surface area contributed by atoms with E-state index in [2.05, 4.69) is 68.5 Å². The van der Waals surface area contributed by atoms with E-state index in [1.165, 1.54) is 29.3 Å². The zero-order valence-corrected chi connectivity index (χ0v) is 19.8. The molecular weight excluding hydrogens is 473 g/mol. The van der Waals surface area contributed by atoms with Crippen molar-refractivity contribution in [3.05, 3.63) is 85.5 Å². The first kappa shape index (κ1) is 19.6. The van der Waals surface area contributed by atoms with Gasteiger partial charge in [-0.2, -0.15) is 0 Å². The average molecular weight is 487 g/mol. The van der Waals surface area contributed by atoms with Crippen molar-refractivity contribution in [2.24, 2.45) is 0 Å². The van der Waals surface area contributed by atoms with Crippen molar-refractivity contribution in [3.8, 4) is 50.7 Å². The number of thiophene rings is 4. The molecule has 0 radical (unpaired) electrons. The zero-order valence-electron chi connectivity index (χ0n) is 16.5. The van der Waals surface area contributed by atoms with E-state index in [0.717, 1.165) is 21.4 Å². The Morgan fingerprint density at radius 3 is 0.906 bits per heavy atom. The lowest BCUT2D eigenvalue weighted by molar-refractivity contribution is 1.19. The van der Waals surface area contributed by atoms with Crippen LogP contribution in [0, 0.1) is 0 Å². The average Bonchev–Trinajstić information content (AvgIpc) is 3.65. The highest BCUT2D eigenvalue weighted by Gasteiger charge is 2.13. The second-order valence-electron chi connectivity index (χ2n) is 6.80. The van der Waals surface area contributed by atoms with Crippen LogP contribution < -0.4 is 0 Å². The first-order valence-corrected chi connectivity index (χ1v) is 13.1. The van der Waals surface area contributed by atoms with E-state index in [1.54, 1.807) is 47.5 Å². The first-order chi connectivity index (χ1) is 15.8. The smallest absolute Gasteiger partial charge is 0.169 e. The summed E-state index contributed by atoms with van der Waals surface area (Å²) in [6, 6.07) is 21.0. The highest BCUT2D eigenvalue weighted by atomic mass is 32.1. The lowest BCUT2D eigenvalue weighted by Gasteiger charge is -1.94. The first-order valence-electron chi connectivity index (χ1n) is 9.79. The molecule has 0 aliphatic carbocycles. The third-order valence-electron chi connectivity index (χ3n) is 4.72. The molecule has 6 aromatic heterocycles. The Balaban J connectivity index is 1.24. The maximum absolute atomic E-state index is 4.36. The van der Waals surface area contributed by atoms with E-state index in [0.29, 0.717) is 0 Å². The minimum absolute atomic E-state index is 0.777. The van der Waals surface area contributed by atoms with Crippen LogP contribution in [0.3, 0.4) is 0 Å². The summed E-state index contributed by atoms with van der Waals surface area (Å²) in [6.45, 7) is 0. The molecule has 0 aromatic carbocycles. The highest BCUT2D eigenvalue weighted by Crippen LogP contribution is 2.44. The van der Waals surface area contributed by atoms with Gasteiger partial charge in [0.05, 0.1) is 9.75 Å². The monoisotopic (exact) mass is 486 g/mol. The van der Waals surface area contributed by atoms with E-state index in [1.807, 2.05) is 34.8 Å². The Labute approximate surface area is 200 Å². The summed E-state index contributed by atoms with van der Waals surface area (Å²) in [7, 11) is 0. The van der Waals surface area contributed by atoms with E-state index in [9.17, 15) is 0 Å². The summed E-state index contributed by atoms with van der Waals surface area (Å²) >= 11 is 7.10. The standard InChI is InChI=1S/C24H14N4S4/c1-11-25-23(26-12-1)21-9-7-19(31-21)17-5-3-15(29-17)16-4-6-18(30-16)20-8-10-22(32-20)24-27-13-2-14-28-24/h1-14H. The van der Waals surface area contributed by atoms with Crippen LogP contribution in [0.5, 0.6) is 0 Å². The fraction of sp³-hybridized carbons (Fsp3) is 0. The van der Waals surface area contributed by atoms with E-state index >= 15 is 0 Å². The van der Waals surface area contributed by atoms with Gasteiger partial charge in [0.1, 0.15) is 0 Å². The van der Waals surface area contributed by atoms with Crippen LogP contribution in [0.4, 0.5) is 0 Å². The minimum Gasteiger partial charge on any atom is -0.236 e. The van der Waals surface area contributed by atoms with Crippen molar-refractivity contribution in [2.45, 2.75) is 0 Å². The van der Waals surface area contributed by atoms with E-state index < -0.39 is 0 Å². The Hall–Kier alpha value is -3.04. The molecule has 6 rings (SSSR count). The molecule has 0 aliphatic heterocycles. The van der Waals surface area contributed by atoms with Gasteiger partial charge in [0.25, 0.3) is 0 Å². The molecule has 0 aliphatic rings. The Kier molecular flexibility index (Phi) is 5.20. The van der Waals surface area contributed by atoms with Gasteiger partial charge in [0.2, 0.25) is 0 Å². The molecule has 0 spiro atoms. The van der Waals surface area contributed by atoms with Crippen LogP contribution >= 0.6 is 45.3 Å². The maximum Gasteiger partial charge on any atom is 0.169 e. The van der Waals surface area contributed by atoms with Crippen LogP contribution in [-0.2, 0) is 0 Å². The van der Waals surface area contributed by atoms with Crippen molar-refractivity contribution >= 4 is 45.3 Å². The normalized spacial score (nSPS) is 11.1. The highest BCUT2D eigenvalue weighted by molar-refractivity contribution is 7.29. The van der Waals surface area contributed by atoms with Crippen LogP contribution in [0.15, 0.2) is 85.5 Å². The lowest BCUT2D eigenvalue weighted by atomic mass is 10.3. The largest absolute Gasteiger partial charge is 0.236 e. The van der Waals surface area contributed by atoms with Crippen LogP contribution in [0.2, 0.25) is 0 Å². The molecular formula is C24H14N4S4. The van der Waals surface area contributed by atoms with Crippen LogP contribution in [0.25, 0.3) is 50.7 Å². The number of rotatable bonds is 5. The fourth-order valence-corrected chi connectivity index (χ4v) is 7.43. The summed E-state index contributed by atoms with van der Waals surface area (Å²) < 4.78 is 0. The van der Waals surface area contributed by atoms with Gasteiger partial charge in [-0.1, -0.05) is 0 Å². The minimum atomic E-state index is 0.777. The number of nitrogens with zero attached hydrogens (tertiary/aromatic N) is 4. The number of hydrogen-bond donors (Lipinski definition) is 0. The topological polar surface area (TPSA) is 51.6 Å². The van der Waals surface area contributed by atoms with Gasteiger partial charge in [0, 0.05) is 54.1 Å². The molecule has 0 saturated heterocycles. The summed E-state index contributed by atoms with van der Waals surface area (Å²) in [5.41, 5.74) is 0. The van der Waals surface area contributed by atoms with Gasteiger partial charge in [-0.3, -0.25) is 0 Å². The molecule has 0 unspecified atom stereocenters. The van der Waals surface area contributed by atoms with Crippen LogP contribution in [-0.4, -0.2) is 19.9 Å². The van der Waals surface area contributed by atoms with Gasteiger partial charge in [-0.15, -0.1) is 45.3 Å². The van der Waals surface area contributed by atoms with E-state index in [-0.39, 0.29) is 0 Å². The summed E-state index contributed by atoms with van der Waals surface area (Å²) in [6.07, 6.45) is 7.12. The fourth-order valence-electron chi connectivity index (χ4n) is 3.24. The van der Waals surface area contributed by atoms with Gasteiger partial charge >= 0.3 is 0 Å². The maximum atomic E-state index is 4.36. The number of aromatic nitrogens is 4. The molecule has 0 bridgehead atoms. The Bertz CT molecular complexity index is 1360. The van der Waals surface area contributed by atoms with Crippen LogP contribution in [0.1, 0.15) is 0 Å². The zero-order chi connectivity index (χ0) is 21.3. The van der Waals surface area contributed by atoms with Crippen molar-refractivity contribution in [1.82, 2.24) is 19.9 Å². The molecule has 6 aromatic rings. The molecule has 6 heterocycles. The molecule has 8 heteroatoms. The Morgan fingerprint density at radius 2 is 0.594 bits per heavy atom. The summed E-state index contributed by atoms with van der Waals surface area (Å²) in [5, 5.41) is 0. The summed E-state index contributed by atoms with van der Waals surface area (Å²) in [4.78, 5) is 27.2. The molecule has 0 atom stereocenters. The van der Waals surface area contributed by atoms with Gasteiger partial charge < -0.3 is 0 Å². The predicted octanol–water partition coefficient (Wildman–Crippen LogP) is 7.85. The third kappa shape index (κ3) is 3.82. The van der Waals surface area contributed by atoms with E-state index in [4.69, 9.17) is 0 Å². The molecule has 4 nitrogen and oxygen atoms in total. The quantitative estimate of drug-likeness (QED) is 0.249. The summed E-state index contributed by atoms with van der Waals surface area (Å²) in [5.74, 6) is 1.55. The molecule has 0 N–H and O–H groups in total. The van der Waals surface area contributed by atoms with Gasteiger partial charge in [-0.25, -0.2) is 19.9 Å². The Morgan fingerprint density at radius 1 is 0.344 bits per heavy atom.